The lowest BCUT2D eigenvalue weighted by molar-refractivity contribution is -0.152. The van der Waals surface area contributed by atoms with Crippen molar-refractivity contribution in [3.05, 3.63) is 16.6 Å². The van der Waals surface area contributed by atoms with Crippen LogP contribution in [0.4, 0.5) is 0 Å². The molecule has 0 aliphatic heterocycles. The average molecular weight is 293 g/mol. The van der Waals surface area contributed by atoms with Crippen LogP contribution in [0.1, 0.15) is 57.1 Å². The van der Waals surface area contributed by atoms with Gasteiger partial charge in [-0.1, -0.05) is 25.7 Å². The molecule has 0 amide bonds. The molecule has 1 heterocycles. The van der Waals surface area contributed by atoms with E-state index in [4.69, 9.17) is 4.74 Å². The Bertz CT molecular complexity index is 432. The quantitative estimate of drug-likeness (QED) is 0.788. The Morgan fingerprint density at radius 3 is 2.90 bits per heavy atom. The van der Waals surface area contributed by atoms with E-state index in [9.17, 15) is 4.79 Å². The van der Waals surface area contributed by atoms with Crippen molar-refractivity contribution in [2.75, 3.05) is 0 Å². The topological polar surface area (TPSA) is 39.2 Å². The number of nitrogens with zero attached hydrogens (tertiary/aromatic N) is 1. The highest BCUT2D eigenvalue weighted by atomic mass is 32.1. The lowest BCUT2D eigenvalue weighted by Crippen LogP contribution is -2.33. The van der Waals surface area contributed by atoms with Crippen LogP contribution in [-0.2, 0) is 16.0 Å². The fraction of sp³-hybridized carbons (Fsp3) is 0.750. The average Bonchev–Trinajstić information content (AvgIpc) is 2.98. The molecule has 0 spiro atoms. The van der Waals surface area contributed by atoms with E-state index in [1.54, 1.807) is 11.3 Å². The van der Waals surface area contributed by atoms with Gasteiger partial charge >= 0.3 is 5.97 Å². The zero-order chi connectivity index (χ0) is 13.8. The summed E-state index contributed by atoms with van der Waals surface area (Å²) < 4.78 is 5.68. The van der Waals surface area contributed by atoms with Crippen LogP contribution in [0.5, 0.6) is 0 Å². The summed E-state index contributed by atoms with van der Waals surface area (Å²) in [5.74, 6) is 1.68. The van der Waals surface area contributed by atoms with Gasteiger partial charge in [0.25, 0.3) is 0 Å². The first-order chi connectivity index (χ1) is 9.81. The smallest absolute Gasteiger partial charge is 0.306 e. The minimum Gasteiger partial charge on any atom is -0.462 e. The molecule has 3 atom stereocenters. The fourth-order valence-electron chi connectivity index (χ4n) is 3.77. The molecule has 2 fully saturated rings. The van der Waals surface area contributed by atoms with E-state index in [1.807, 2.05) is 10.9 Å². The van der Waals surface area contributed by atoms with Crippen molar-refractivity contribution >= 4 is 17.3 Å². The van der Waals surface area contributed by atoms with Gasteiger partial charge in [-0.15, -0.1) is 11.3 Å². The van der Waals surface area contributed by atoms with Gasteiger partial charge < -0.3 is 4.74 Å². The predicted octanol–water partition coefficient (Wildman–Crippen LogP) is 3.98. The summed E-state index contributed by atoms with van der Waals surface area (Å²) in [6.45, 7) is 0. The number of carbonyl (C=O) groups is 1. The summed E-state index contributed by atoms with van der Waals surface area (Å²) in [6, 6.07) is 0. The molecule has 2 aliphatic carbocycles. The van der Waals surface area contributed by atoms with E-state index >= 15 is 0 Å². The second-order valence-corrected chi connectivity index (χ2v) is 6.93. The molecule has 2 saturated carbocycles. The number of thiazole rings is 1. The Morgan fingerprint density at radius 1 is 1.25 bits per heavy atom. The third kappa shape index (κ3) is 3.60. The minimum absolute atomic E-state index is 0.0442. The normalized spacial score (nSPS) is 29.7. The first-order valence-corrected chi connectivity index (χ1v) is 8.82. The number of carbonyl (C=O) groups excluding carboxylic acids is 1. The molecular formula is C16H23NO2S. The molecule has 0 bridgehead atoms. The lowest BCUT2D eigenvalue weighted by atomic mass is 9.70. The number of hydrogen-bond donors (Lipinski definition) is 0. The molecule has 20 heavy (non-hydrogen) atoms. The predicted molar refractivity (Wildman–Crippen MR) is 79.6 cm³/mol. The molecule has 0 aromatic carbocycles. The van der Waals surface area contributed by atoms with Gasteiger partial charge in [-0.2, -0.15) is 0 Å². The lowest BCUT2D eigenvalue weighted by Gasteiger charge is -2.38. The number of aryl methyl sites for hydroxylation is 1. The first-order valence-electron chi connectivity index (χ1n) is 7.88. The van der Waals surface area contributed by atoms with Crippen molar-refractivity contribution in [2.45, 2.75) is 63.9 Å². The Morgan fingerprint density at radius 2 is 2.10 bits per heavy atom. The molecule has 0 radical (unpaired) electrons. The van der Waals surface area contributed by atoms with Crippen LogP contribution in [0.3, 0.4) is 0 Å². The highest BCUT2D eigenvalue weighted by Crippen LogP contribution is 2.41. The third-order valence-corrected chi connectivity index (χ3v) is 5.49. The SMILES string of the molecule is O=C(CCc1cscn1)OC1CCC2CCCCC2C1. The molecule has 3 nitrogen and oxygen atoms in total. The maximum absolute atomic E-state index is 11.9. The van der Waals surface area contributed by atoms with Gasteiger partial charge in [-0.25, -0.2) is 4.98 Å². The maximum atomic E-state index is 11.9. The van der Waals surface area contributed by atoms with Gasteiger partial charge in [-0.3, -0.25) is 4.79 Å². The van der Waals surface area contributed by atoms with Gasteiger partial charge in [0.15, 0.2) is 0 Å². The Hall–Kier alpha value is -0.900. The summed E-state index contributed by atoms with van der Waals surface area (Å²) in [7, 11) is 0. The second-order valence-electron chi connectivity index (χ2n) is 6.21. The van der Waals surface area contributed by atoms with Crippen LogP contribution in [0, 0.1) is 11.8 Å². The maximum Gasteiger partial charge on any atom is 0.306 e. The van der Waals surface area contributed by atoms with E-state index in [0.717, 1.165) is 30.4 Å². The van der Waals surface area contributed by atoms with E-state index < -0.39 is 0 Å². The zero-order valence-electron chi connectivity index (χ0n) is 11.9. The van der Waals surface area contributed by atoms with Crippen molar-refractivity contribution in [1.29, 1.82) is 0 Å². The molecule has 2 aliphatic rings. The molecule has 0 N–H and O–H groups in total. The standard InChI is InChI=1S/C16H23NO2S/c18-16(8-6-14-10-20-11-17-14)19-15-7-5-12-3-1-2-4-13(12)9-15/h10-13,15H,1-9H2. The fourth-order valence-corrected chi connectivity index (χ4v) is 4.37. The van der Waals surface area contributed by atoms with Crippen molar-refractivity contribution in [1.82, 2.24) is 4.98 Å². The number of rotatable bonds is 4. The van der Waals surface area contributed by atoms with Gasteiger partial charge in [0.2, 0.25) is 0 Å². The van der Waals surface area contributed by atoms with Crippen molar-refractivity contribution in [2.24, 2.45) is 11.8 Å². The number of hydrogen-bond acceptors (Lipinski definition) is 4. The van der Waals surface area contributed by atoms with E-state index in [0.29, 0.717) is 12.8 Å². The number of aromatic nitrogens is 1. The summed E-state index contributed by atoms with van der Waals surface area (Å²) in [5.41, 5.74) is 2.81. The van der Waals surface area contributed by atoms with Crippen LogP contribution in [0.2, 0.25) is 0 Å². The second kappa shape index (κ2) is 6.70. The Balaban J connectivity index is 1.42. The Labute approximate surface area is 124 Å². The summed E-state index contributed by atoms with van der Waals surface area (Å²) in [6.07, 6.45) is 10.3. The van der Waals surface area contributed by atoms with E-state index in [-0.39, 0.29) is 12.1 Å². The third-order valence-electron chi connectivity index (χ3n) is 4.86. The van der Waals surface area contributed by atoms with Gasteiger partial charge in [0.05, 0.1) is 17.6 Å². The highest BCUT2D eigenvalue weighted by molar-refractivity contribution is 7.07. The van der Waals surface area contributed by atoms with Gasteiger partial charge in [0.1, 0.15) is 6.10 Å². The number of ether oxygens (including phenoxy) is 1. The van der Waals surface area contributed by atoms with Crippen LogP contribution in [-0.4, -0.2) is 17.1 Å². The van der Waals surface area contributed by atoms with Crippen LogP contribution >= 0.6 is 11.3 Å². The molecule has 3 rings (SSSR count). The molecular weight excluding hydrogens is 270 g/mol. The van der Waals surface area contributed by atoms with Crippen molar-refractivity contribution in [3.8, 4) is 0 Å². The summed E-state index contributed by atoms with van der Waals surface area (Å²) in [5, 5.41) is 2.00. The first kappa shape index (κ1) is 14.1. The monoisotopic (exact) mass is 293 g/mol. The number of esters is 1. The van der Waals surface area contributed by atoms with Crippen LogP contribution < -0.4 is 0 Å². The largest absolute Gasteiger partial charge is 0.462 e. The van der Waals surface area contributed by atoms with Crippen molar-refractivity contribution in [3.63, 3.8) is 0 Å². The summed E-state index contributed by atoms with van der Waals surface area (Å²) >= 11 is 1.58. The van der Waals surface area contributed by atoms with Gasteiger partial charge in [0, 0.05) is 11.8 Å². The molecule has 1 aromatic rings. The summed E-state index contributed by atoms with van der Waals surface area (Å²) in [4.78, 5) is 16.1. The number of fused-ring (bicyclic) bond motifs is 1. The van der Waals surface area contributed by atoms with Crippen LogP contribution in [0.25, 0.3) is 0 Å². The molecule has 110 valence electrons. The van der Waals surface area contributed by atoms with Gasteiger partial charge in [-0.05, 0) is 31.1 Å². The van der Waals surface area contributed by atoms with E-state index in [2.05, 4.69) is 4.98 Å². The highest BCUT2D eigenvalue weighted by Gasteiger charge is 2.33. The molecule has 0 saturated heterocycles. The Kier molecular flexibility index (Phi) is 4.71. The molecule has 1 aromatic heterocycles. The van der Waals surface area contributed by atoms with Crippen molar-refractivity contribution < 1.29 is 9.53 Å². The zero-order valence-corrected chi connectivity index (χ0v) is 12.7. The van der Waals surface area contributed by atoms with Crippen LogP contribution in [0.15, 0.2) is 10.9 Å². The van der Waals surface area contributed by atoms with E-state index in [1.165, 1.54) is 32.1 Å². The molecule has 4 heteroatoms. The minimum atomic E-state index is -0.0442. The molecule has 3 unspecified atom stereocenters.